The van der Waals surface area contributed by atoms with Crippen LogP contribution in [0.2, 0.25) is 0 Å². The van der Waals surface area contributed by atoms with E-state index in [9.17, 15) is 0 Å². The van der Waals surface area contributed by atoms with Gasteiger partial charge in [0, 0.05) is 13.1 Å². The minimum absolute atomic E-state index is 0.0674. The van der Waals surface area contributed by atoms with Crippen LogP contribution < -0.4 is 11.1 Å². The zero-order valence-corrected chi connectivity index (χ0v) is 7.75. The molecule has 1 fully saturated rings. The fraction of sp³-hybridized carbons (Fsp3) is 1.00. The number of hydrogen-bond donors (Lipinski definition) is 2. The second kappa shape index (κ2) is 4.77. The van der Waals surface area contributed by atoms with Crippen molar-refractivity contribution in [3.63, 3.8) is 0 Å². The highest BCUT2D eigenvalue weighted by Gasteiger charge is 2.21. The van der Waals surface area contributed by atoms with Crippen LogP contribution in [0.3, 0.4) is 0 Å². The van der Waals surface area contributed by atoms with Gasteiger partial charge in [0.05, 0.1) is 18.8 Å². The molecule has 1 rings (SSSR count). The highest BCUT2D eigenvalue weighted by molar-refractivity contribution is 4.73. The van der Waals surface area contributed by atoms with Gasteiger partial charge in [-0.25, -0.2) is 0 Å². The first-order chi connectivity index (χ1) is 5.70. The molecule has 72 valence electrons. The molecule has 3 unspecified atom stereocenters. The second-order valence-electron chi connectivity index (χ2n) is 3.16. The van der Waals surface area contributed by atoms with Gasteiger partial charge >= 0.3 is 0 Å². The Balaban J connectivity index is 2.24. The average Bonchev–Trinajstić information content (AvgIpc) is 2.05. The molecule has 0 aromatic heterocycles. The normalized spacial score (nSPS) is 29.8. The fourth-order valence-corrected chi connectivity index (χ4v) is 1.31. The van der Waals surface area contributed by atoms with Gasteiger partial charge in [-0.3, -0.25) is 0 Å². The Morgan fingerprint density at radius 1 is 1.58 bits per heavy atom. The molecule has 1 heterocycles. The Kier molecular flexibility index (Phi) is 3.94. The van der Waals surface area contributed by atoms with Crippen molar-refractivity contribution in [2.75, 3.05) is 19.7 Å². The van der Waals surface area contributed by atoms with Gasteiger partial charge < -0.3 is 20.5 Å². The highest BCUT2D eigenvalue weighted by Crippen LogP contribution is 2.06. The molecule has 1 saturated heterocycles. The van der Waals surface area contributed by atoms with Crippen molar-refractivity contribution < 1.29 is 9.47 Å². The zero-order chi connectivity index (χ0) is 8.97. The maximum atomic E-state index is 5.50. The lowest BCUT2D eigenvalue weighted by Crippen LogP contribution is -2.46. The van der Waals surface area contributed by atoms with Crippen LogP contribution in [0.1, 0.15) is 13.8 Å². The molecule has 1 aliphatic rings. The first-order valence-electron chi connectivity index (χ1n) is 4.43. The summed E-state index contributed by atoms with van der Waals surface area (Å²) in [5.41, 5.74) is 5.50. The molecule has 0 aliphatic carbocycles. The lowest BCUT2D eigenvalue weighted by Gasteiger charge is -2.29. The minimum Gasteiger partial charge on any atom is -0.373 e. The molecule has 0 radical (unpaired) electrons. The predicted octanol–water partition coefficient (Wildman–Crippen LogP) is -0.315. The van der Waals surface area contributed by atoms with Crippen LogP contribution in [0.25, 0.3) is 0 Å². The third kappa shape index (κ3) is 3.06. The van der Waals surface area contributed by atoms with Crippen LogP contribution >= 0.6 is 0 Å². The largest absolute Gasteiger partial charge is 0.373 e. The lowest BCUT2D eigenvalue weighted by atomic mass is 10.2. The summed E-state index contributed by atoms with van der Waals surface area (Å²) in [6.45, 7) is 6.36. The van der Waals surface area contributed by atoms with Gasteiger partial charge in [-0.05, 0) is 13.8 Å². The first-order valence-corrected chi connectivity index (χ1v) is 4.43. The molecule has 3 atom stereocenters. The third-order valence-electron chi connectivity index (χ3n) is 1.91. The van der Waals surface area contributed by atoms with Crippen molar-refractivity contribution in [3.8, 4) is 0 Å². The Morgan fingerprint density at radius 2 is 2.33 bits per heavy atom. The molecule has 0 aromatic rings. The SMILES string of the molecule is CC(N)OC(C)C1CNCCO1. The molecule has 0 amide bonds. The molecule has 4 heteroatoms. The summed E-state index contributed by atoms with van der Waals surface area (Å²) in [6.07, 6.45) is -0.00641. The number of nitrogens with two attached hydrogens (primary N) is 1. The Morgan fingerprint density at radius 3 is 2.83 bits per heavy atom. The van der Waals surface area contributed by atoms with E-state index in [1.165, 1.54) is 0 Å². The van der Waals surface area contributed by atoms with Gasteiger partial charge in [0.1, 0.15) is 6.23 Å². The minimum atomic E-state index is -0.217. The molecule has 0 saturated carbocycles. The Labute approximate surface area is 73.4 Å². The smallest absolute Gasteiger partial charge is 0.103 e. The molecule has 0 spiro atoms. The summed E-state index contributed by atoms with van der Waals surface area (Å²) in [5.74, 6) is 0. The van der Waals surface area contributed by atoms with E-state index in [0.29, 0.717) is 0 Å². The quantitative estimate of drug-likeness (QED) is 0.576. The van der Waals surface area contributed by atoms with Crippen LogP contribution in [0.15, 0.2) is 0 Å². The van der Waals surface area contributed by atoms with Gasteiger partial charge in [0.2, 0.25) is 0 Å². The van der Waals surface area contributed by atoms with Crippen molar-refractivity contribution in [2.24, 2.45) is 5.73 Å². The van der Waals surface area contributed by atoms with E-state index >= 15 is 0 Å². The monoisotopic (exact) mass is 174 g/mol. The van der Waals surface area contributed by atoms with Crippen molar-refractivity contribution in [3.05, 3.63) is 0 Å². The molecular weight excluding hydrogens is 156 g/mol. The first kappa shape index (κ1) is 9.92. The van der Waals surface area contributed by atoms with E-state index in [2.05, 4.69) is 5.32 Å². The third-order valence-corrected chi connectivity index (χ3v) is 1.91. The average molecular weight is 174 g/mol. The number of rotatable bonds is 3. The van der Waals surface area contributed by atoms with Crippen LogP contribution in [0, 0.1) is 0 Å². The summed E-state index contributed by atoms with van der Waals surface area (Å²) >= 11 is 0. The highest BCUT2D eigenvalue weighted by atomic mass is 16.6. The Hall–Kier alpha value is -0.160. The summed E-state index contributed by atoms with van der Waals surface area (Å²) in [7, 11) is 0. The van der Waals surface area contributed by atoms with Gasteiger partial charge in [-0.2, -0.15) is 0 Å². The van der Waals surface area contributed by atoms with E-state index in [1.807, 2.05) is 13.8 Å². The maximum absolute atomic E-state index is 5.50. The topological polar surface area (TPSA) is 56.5 Å². The molecule has 4 nitrogen and oxygen atoms in total. The van der Waals surface area contributed by atoms with Crippen LogP contribution in [0.4, 0.5) is 0 Å². The van der Waals surface area contributed by atoms with Crippen LogP contribution in [0.5, 0.6) is 0 Å². The zero-order valence-electron chi connectivity index (χ0n) is 7.75. The van der Waals surface area contributed by atoms with Crippen LogP contribution in [-0.2, 0) is 9.47 Å². The van der Waals surface area contributed by atoms with Gasteiger partial charge in [-0.1, -0.05) is 0 Å². The van der Waals surface area contributed by atoms with Crippen molar-refractivity contribution in [2.45, 2.75) is 32.3 Å². The van der Waals surface area contributed by atoms with Crippen LogP contribution in [-0.4, -0.2) is 38.1 Å². The summed E-state index contributed by atoms with van der Waals surface area (Å²) < 4.78 is 10.9. The number of nitrogens with one attached hydrogen (secondary N) is 1. The van der Waals surface area contributed by atoms with Crippen molar-refractivity contribution in [1.29, 1.82) is 0 Å². The van der Waals surface area contributed by atoms with Gasteiger partial charge in [-0.15, -0.1) is 0 Å². The number of ether oxygens (including phenoxy) is 2. The van der Waals surface area contributed by atoms with E-state index in [4.69, 9.17) is 15.2 Å². The number of morpholine rings is 1. The fourth-order valence-electron chi connectivity index (χ4n) is 1.31. The van der Waals surface area contributed by atoms with Crippen molar-refractivity contribution in [1.82, 2.24) is 5.32 Å². The molecule has 0 bridgehead atoms. The second-order valence-corrected chi connectivity index (χ2v) is 3.16. The maximum Gasteiger partial charge on any atom is 0.103 e. The van der Waals surface area contributed by atoms with Gasteiger partial charge in [0.25, 0.3) is 0 Å². The molecule has 3 N–H and O–H groups in total. The molecule has 12 heavy (non-hydrogen) atoms. The van der Waals surface area contributed by atoms with Gasteiger partial charge in [0.15, 0.2) is 0 Å². The summed E-state index contributed by atoms with van der Waals surface area (Å²) in [6, 6.07) is 0. The molecular formula is C8H18N2O2. The lowest BCUT2D eigenvalue weighted by molar-refractivity contribution is -0.0964. The van der Waals surface area contributed by atoms with E-state index in [1.54, 1.807) is 0 Å². The molecule has 0 aromatic carbocycles. The summed E-state index contributed by atoms with van der Waals surface area (Å²) in [5, 5.41) is 3.24. The summed E-state index contributed by atoms with van der Waals surface area (Å²) in [4.78, 5) is 0. The van der Waals surface area contributed by atoms with E-state index in [-0.39, 0.29) is 18.4 Å². The Bertz CT molecular complexity index is 124. The predicted molar refractivity (Wildman–Crippen MR) is 46.8 cm³/mol. The molecule has 1 aliphatic heterocycles. The van der Waals surface area contributed by atoms with E-state index < -0.39 is 0 Å². The van der Waals surface area contributed by atoms with Crippen molar-refractivity contribution >= 4 is 0 Å². The number of hydrogen-bond acceptors (Lipinski definition) is 4. The van der Waals surface area contributed by atoms with E-state index in [0.717, 1.165) is 19.7 Å². The standard InChI is InChI=1S/C8H18N2O2/c1-6(12-7(2)9)8-5-10-3-4-11-8/h6-8,10H,3-5,9H2,1-2H3.